The van der Waals surface area contributed by atoms with Gasteiger partial charge in [-0.1, -0.05) is 18.2 Å². The van der Waals surface area contributed by atoms with Crippen LogP contribution in [0.25, 0.3) is 0 Å². The number of benzene rings is 1. The minimum atomic E-state index is -0.198. The molecule has 1 heterocycles. The van der Waals surface area contributed by atoms with E-state index in [-0.39, 0.29) is 11.9 Å². The van der Waals surface area contributed by atoms with Crippen molar-refractivity contribution < 1.29 is 4.79 Å². The van der Waals surface area contributed by atoms with Gasteiger partial charge in [-0.25, -0.2) is 0 Å². The van der Waals surface area contributed by atoms with Gasteiger partial charge in [-0.05, 0) is 11.6 Å². The summed E-state index contributed by atoms with van der Waals surface area (Å²) in [5.41, 5.74) is 2.20. The van der Waals surface area contributed by atoms with Crippen molar-refractivity contribution in [2.75, 3.05) is 11.9 Å². The summed E-state index contributed by atoms with van der Waals surface area (Å²) in [7, 11) is 0. The van der Waals surface area contributed by atoms with E-state index < -0.39 is 0 Å². The molecule has 1 atom stereocenters. The van der Waals surface area contributed by atoms with E-state index in [1.807, 2.05) is 30.3 Å². The highest BCUT2D eigenvalue weighted by Crippen LogP contribution is 2.24. The van der Waals surface area contributed by atoms with Gasteiger partial charge in [-0.2, -0.15) is 5.26 Å². The molecule has 0 saturated heterocycles. The van der Waals surface area contributed by atoms with Crippen LogP contribution in [0.3, 0.4) is 0 Å². The van der Waals surface area contributed by atoms with Crippen molar-refractivity contribution in [1.29, 1.82) is 5.26 Å². The second-order valence-corrected chi connectivity index (χ2v) is 3.76. The van der Waals surface area contributed by atoms with Crippen LogP contribution in [-0.2, 0) is 11.2 Å². The smallest absolute Gasteiger partial charge is 0.242 e. The summed E-state index contributed by atoms with van der Waals surface area (Å²) in [6, 6.07) is 9.70. The molecule has 16 heavy (non-hydrogen) atoms. The van der Waals surface area contributed by atoms with Crippen molar-refractivity contribution in [3.8, 4) is 6.07 Å². The summed E-state index contributed by atoms with van der Waals surface area (Å²) in [6.07, 6.45) is 1.07. The van der Waals surface area contributed by atoms with Gasteiger partial charge in [0.1, 0.15) is 6.04 Å². The number of para-hydroxylation sites is 1. The fraction of sp³-hybridized carbons (Fsp3) is 0.333. The van der Waals surface area contributed by atoms with Crippen LogP contribution >= 0.6 is 0 Å². The lowest BCUT2D eigenvalue weighted by Crippen LogP contribution is -2.38. The zero-order valence-electron chi connectivity index (χ0n) is 8.86. The Morgan fingerprint density at radius 1 is 1.56 bits per heavy atom. The zero-order chi connectivity index (χ0) is 11.4. The summed E-state index contributed by atoms with van der Waals surface area (Å²) < 4.78 is 0. The maximum atomic E-state index is 11.7. The number of anilines is 1. The fourth-order valence-corrected chi connectivity index (χ4v) is 1.82. The molecule has 0 fully saturated rings. The van der Waals surface area contributed by atoms with Crippen molar-refractivity contribution in [3.63, 3.8) is 0 Å². The number of amides is 1. The minimum Gasteiger partial charge on any atom is -0.373 e. The lowest BCUT2D eigenvalue weighted by Gasteiger charge is -2.10. The molecule has 1 aromatic rings. The average Bonchev–Trinajstić information content (AvgIpc) is 2.73. The molecule has 0 radical (unpaired) electrons. The van der Waals surface area contributed by atoms with Crippen LogP contribution in [0.1, 0.15) is 12.0 Å². The van der Waals surface area contributed by atoms with Crippen molar-refractivity contribution >= 4 is 11.6 Å². The van der Waals surface area contributed by atoms with E-state index in [2.05, 4.69) is 10.6 Å². The summed E-state index contributed by atoms with van der Waals surface area (Å²) in [6.45, 7) is 0.420. The van der Waals surface area contributed by atoms with E-state index >= 15 is 0 Å². The third-order valence-electron chi connectivity index (χ3n) is 2.62. The normalized spacial score (nSPS) is 17.1. The number of hydrogen-bond donors (Lipinski definition) is 2. The molecule has 0 spiro atoms. The maximum absolute atomic E-state index is 11.7. The monoisotopic (exact) mass is 215 g/mol. The SMILES string of the molecule is N#CCCNC(=O)C1Cc2ccccc2N1. The Balaban J connectivity index is 1.91. The number of hydrogen-bond acceptors (Lipinski definition) is 3. The third kappa shape index (κ3) is 2.14. The molecule has 0 saturated carbocycles. The molecule has 1 aliphatic rings. The first-order chi connectivity index (χ1) is 7.81. The number of nitriles is 1. The third-order valence-corrected chi connectivity index (χ3v) is 2.62. The predicted molar refractivity (Wildman–Crippen MR) is 60.8 cm³/mol. The standard InChI is InChI=1S/C12H13N3O/c13-6-3-7-14-12(16)11-8-9-4-1-2-5-10(9)15-11/h1-2,4-5,11,15H,3,7-8H2,(H,14,16). The van der Waals surface area contributed by atoms with Crippen molar-refractivity contribution in [2.24, 2.45) is 0 Å². The number of nitrogens with zero attached hydrogens (tertiary/aromatic N) is 1. The first-order valence-electron chi connectivity index (χ1n) is 5.30. The molecule has 1 unspecified atom stereocenters. The van der Waals surface area contributed by atoms with E-state index in [1.54, 1.807) is 0 Å². The second kappa shape index (κ2) is 4.67. The molecule has 1 amide bonds. The Labute approximate surface area is 94.3 Å². The van der Waals surface area contributed by atoms with Crippen LogP contribution in [0.5, 0.6) is 0 Å². The molecule has 4 nitrogen and oxygen atoms in total. The Bertz CT molecular complexity index is 411. The fourth-order valence-electron chi connectivity index (χ4n) is 1.82. The van der Waals surface area contributed by atoms with Crippen molar-refractivity contribution in [3.05, 3.63) is 29.8 Å². The largest absolute Gasteiger partial charge is 0.373 e. The Morgan fingerprint density at radius 2 is 2.38 bits per heavy atom. The van der Waals surface area contributed by atoms with Gasteiger partial charge in [0, 0.05) is 18.7 Å². The van der Waals surface area contributed by atoms with Crippen LogP contribution in [0, 0.1) is 11.3 Å². The number of rotatable bonds is 3. The van der Waals surface area contributed by atoms with Gasteiger partial charge in [0.2, 0.25) is 5.91 Å². The average molecular weight is 215 g/mol. The summed E-state index contributed by atoms with van der Waals surface area (Å²) in [5, 5.41) is 14.3. The Hall–Kier alpha value is -2.02. The Kier molecular flexibility index (Phi) is 3.06. The second-order valence-electron chi connectivity index (χ2n) is 3.76. The highest BCUT2D eigenvalue weighted by atomic mass is 16.2. The number of nitrogens with one attached hydrogen (secondary N) is 2. The lowest BCUT2D eigenvalue weighted by atomic mass is 10.1. The quantitative estimate of drug-likeness (QED) is 0.741. The molecule has 2 rings (SSSR count). The number of fused-ring (bicyclic) bond motifs is 1. The maximum Gasteiger partial charge on any atom is 0.242 e. The number of carbonyl (C=O) groups excluding carboxylic acids is 1. The topological polar surface area (TPSA) is 64.9 Å². The lowest BCUT2D eigenvalue weighted by molar-refractivity contribution is -0.121. The predicted octanol–water partition coefficient (Wildman–Crippen LogP) is 1.05. The van der Waals surface area contributed by atoms with Gasteiger partial charge < -0.3 is 10.6 Å². The van der Waals surface area contributed by atoms with Gasteiger partial charge in [-0.3, -0.25) is 4.79 Å². The van der Waals surface area contributed by atoms with E-state index in [1.165, 1.54) is 5.56 Å². The van der Waals surface area contributed by atoms with E-state index in [9.17, 15) is 4.79 Å². The van der Waals surface area contributed by atoms with Crippen LogP contribution in [-0.4, -0.2) is 18.5 Å². The molecule has 82 valence electrons. The number of carbonyl (C=O) groups is 1. The molecule has 0 bridgehead atoms. The van der Waals surface area contributed by atoms with Gasteiger partial charge in [-0.15, -0.1) is 0 Å². The highest BCUT2D eigenvalue weighted by Gasteiger charge is 2.25. The van der Waals surface area contributed by atoms with Crippen LogP contribution < -0.4 is 10.6 Å². The summed E-state index contributed by atoms with van der Waals surface area (Å²) >= 11 is 0. The van der Waals surface area contributed by atoms with Gasteiger partial charge >= 0.3 is 0 Å². The summed E-state index contributed by atoms with van der Waals surface area (Å²) in [4.78, 5) is 11.7. The van der Waals surface area contributed by atoms with Crippen LogP contribution in [0.2, 0.25) is 0 Å². The first kappa shape index (κ1) is 10.5. The van der Waals surface area contributed by atoms with Gasteiger partial charge in [0.05, 0.1) is 12.5 Å². The molecule has 0 aliphatic carbocycles. The van der Waals surface area contributed by atoms with Crippen molar-refractivity contribution in [2.45, 2.75) is 18.9 Å². The van der Waals surface area contributed by atoms with Crippen LogP contribution in [0.15, 0.2) is 24.3 Å². The molecule has 1 aliphatic heterocycles. The summed E-state index contributed by atoms with van der Waals surface area (Å²) in [5.74, 6) is -0.0357. The van der Waals surface area contributed by atoms with Crippen LogP contribution in [0.4, 0.5) is 5.69 Å². The zero-order valence-corrected chi connectivity index (χ0v) is 8.86. The molecular weight excluding hydrogens is 202 g/mol. The molecule has 2 N–H and O–H groups in total. The van der Waals surface area contributed by atoms with Gasteiger partial charge in [0.25, 0.3) is 0 Å². The van der Waals surface area contributed by atoms with Gasteiger partial charge in [0.15, 0.2) is 0 Å². The molecule has 1 aromatic carbocycles. The van der Waals surface area contributed by atoms with E-state index in [4.69, 9.17) is 5.26 Å². The molecule has 0 aromatic heterocycles. The first-order valence-corrected chi connectivity index (χ1v) is 5.30. The molecule has 4 heteroatoms. The van der Waals surface area contributed by atoms with E-state index in [0.29, 0.717) is 19.4 Å². The highest BCUT2D eigenvalue weighted by molar-refractivity contribution is 5.87. The van der Waals surface area contributed by atoms with E-state index in [0.717, 1.165) is 5.69 Å². The van der Waals surface area contributed by atoms with Crippen molar-refractivity contribution in [1.82, 2.24) is 5.32 Å². The molecular formula is C12H13N3O. The minimum absolute atomic E-state index is 0.0357. The Morgan fingerprint density at radius 3 is 3.12 bits per heavy atom.